The van der Waals surface area contributed by atoms with Gasteiger partial charge in [0.25, 0.3) is 0 Å². The lowest BCUT2D eigenvalue weighted by atomic mass is 9.80. The molecule has 0 radical (unpaired) electrons. The first-order chi connectivity index (χ1) is 9.63. The van der Waals surface area contributed by atoms with Crippen LogP contribution in [0.15, 0.2) is 18.2 Å². The number of rotatable bonds is 4. The molecule has 1 aliphatic rings. The molecule has 0 aliphatic heterocycles. The zero-order chi connectivity index (χ0) is 14.3. The molecule has 0 bridgehead atoms. The molecule has 4 nitrogen and oxygen atoms in total. The lowest BCUT2D eigenvalue weighted by Gasteiger charge is -2.33. The van der Waals surface area contributed by atoms with Gasteiger partial charge in [-0.15, -0.1) is 0 Å². The van der Waals surface area contributed by atoms with Crippen LogP contribution < -0.4 is 0 Å². The zero-order valence-corrected chi connectivity index (χ0v) is 12.0. The molecular weight excluding hydrogens is 252 g/mol. The predicted molar refractivity (Wildman–Crippen MR) is 78.1 cm³/mol. The van der Waals surface area contributed by atoms with Crippen LogP contribution in [0.25, 0.3) is 11.0 Å². The monoisotopic (exact) mass is 272 g/mol. The third kappa shape index (κ3) is 1.90. The van der Waals surface area contributed by atoms with Crippen molar-refractivity contribution in [2.75, 3.05) is 0 Å². The maximum absolute atomic E-state index is 11.3. The first-order valence-electron chi connectivity index (χ1n) is 7.36. The van der Waals surface area contributed by atoms with Crippen molar-refractivity contribution in [3.05, 3.63) is 29.6 Å². The Labute approximate surface area is 118 Å². The average Bonchev–Trinajstić information content (AvgIpc) is 2.74. The van der Waals surface area contributed by atoms with E-state index in [2.05, 4.69) is 23.4 Å². The molecule has 1 aromatic heterocycles. The van der Waals surface area contributed by atoms with Crippen molar-refractivity contribution >= 4 is 17.0 Å². The summed E-state index contributed by atoms with van der Waals surface area (Å²) < 4.78 is 2.26. The summed E-state index contributed by atoms with van der Waals surface area (Å²) in [7, 11) is 0. The van der Waals surface area contributed by atoms with Crippen molar-refractivity contribution in [1.82, 2.24) is 9.55 Å². The summed E-state index contributed by atoms with van der Waals surface area (Å²) in [6.07, 6.45) is 4.67. The number of aromatic carboxylic acids is 1. The molecule has 2 aromatic rings. The highest BCUT2D eigenvalue weighted by Crippen LogP contribution is 2.38. The second-order valence-electron chi connectivity index (χ2n) is 5.66. The van der Waals surface area contributed by atoms with E-state index in [1.807, 2.05) is 12.1 Å². The zero-order valence-electron chi connectivity index (χ0n) is 12.0. The number of carbonyl (C=O) groups is 1. The lowest BCUT2D eigenvalue weighted by Crippen LogP contribution is -2.24. The van der Waals surface area contributed by atoms with Gasteiger partial charge in [0, 0.05) is 12.5 Å². The van der Waals surface area contributed by atoms with Gasteiger partial charge in [0.05, 0.1) is 11.1 Å². The number of aryl methyl sites for hydroxylation is 1. The Hall–Kier alpha value is -1.84. The molecule has 4 heteroatoms. The molecule has 1 unspecified atom stereocenters. The fourth-order valence-corrected chi connectivity index (χ4v) is 3.17. The second kappa shape index (κ2) is 4.93. The van der Waals surface area contributed by atoms with Crippen LogP contribution in [0, 0.1) is 5.92 Å². The molecule has 0 amide bonds. The molecule has 1 fully saturated rings. The molecule has 3 rings (SSSR count). The number of carboxylic acid groups (broad SMARTS) is 1. The summed E-state index contributed by atoms with van der Waals surface area (Å²) in [5.41, 5.74) is 1.89. The van der Waals surface area contributed by atoms with Gasteiger partial charge in [-0.1, -0.05) is 19.4 Å². The minimum Gasteiger partial charge on any atom is -0.478 e. The van der Waals surface area contributed by atoms with Gasteiger partial charge < -0.3 is 9.67 Å². The number of hydrogen-bond acceptors (Lipinski definition) is 2. The number of hydrogen-bond donors (Lipinski definition) is 1. The maximum Gasteiger partial charge on any atom is 0.337 e. The number of para-hydroxylation sites is 1. The van der Waals surface area contributed by atoms with Crippen LogP contribution in [0.2, 0.25) is 0 Å². The maximum atomic E-state index is 11.3. The van der Waals surface area contributed by atoms with Gasteiger partial charge in [-0.2, -0.15) is 0 Å². The fraction of sp³-hybridized carbons (Fsp3) is 0.500. The van der Waals surface area contributed by atoms with Gasteiger partial charge in [0.2, 0.25) is 0 Å². The van der Waals surface area contributed by atoms with Gasteiger partial charge in [0.15, 0.2) is 0 Å². The smallest absolute Gasteiger partial charge is 0.337 e. The molecule has 20 heavy (non-hydrogen) atoms. The Kier molecular flexibility index (Phi) is 3.24. The Bertz CT molecular complexity index is 656. The second-order valence-corrected chi connectivity index (χ2v) is 5.66. The molecular formula is C16H20N2O2. The number of aromatic nitrogens is 2. The molecule has 1 N–H and O–H groups in total. The van der Waals surface area contributed by atoms with Crippen molar-refractivity contribution < 1.29 is 9.90 Å². The van der Waals surface area contributed by atoms with E-state index in [1.54, 1.807) is 6.07 Å². The van der Waals surface area contributed by atoms with Gasteiger partial charge in [0.1, 0.15) is 11.3 Å². The average molecular weight is 272 g/mol. The van der Waals surface area contributed by atoms with Crippen LogP contribution in [-0.4, -0.2) is 20.6 Å². The van der Waals surface area contributed by atoms with Crippen molar-refractivity contribution in [2.45, 2.75) is 45.6 Å². The Morgan fingerprint density at radius 3 is 2.80 bits per heavy atom. The Balaban J connectivity index is 2.19. The fourth-order valence-electron chi connectivity index (χ4n) is 3.17. The van der Waals surface area contributed by atoms with Gasteiger partial charge in [-0.25, -0.2) is 9.78 Å². The van der Waals surface area contributed by atoms with Crippen molar-refractivity contribution in [3.63, 3.8) is 0 Å². The van der Waals surface area contributed by atoms with E-state index in [0.717, 1.165) is 17.8 Å². The summed E-state index contributed by atoms with van der Waals surface area (Å²) in [6, 6.07) is 5.84. The highest BCUT2D eigenvalue weighted by atomic mass is 16.4. The van der Waals surface area contributed by atoms with Gasteiger partial charge in [-0.05, 0) is 37.8 Å². The van der Waals surface area contributed by atoms with Crippen LogP contribution >= 0.6 is 0 Å². The van der Waals surface area contributed by atoms with Crippen molar-refractivity contribution in [1.29, 1.82) is 0 Å². The summed E-state index contributed by atoms with van der Waals surface area (Å²) >= 11 is 0. The van der Waals surface area contributed by atoms with Crippen LogP contribution in [0.3, 0.4) is 0 Å². The normalized spacial score (nSPS) is 17.1. The van der Waals surface area contributed by atoms with E-state index in [1.165, 1.54) is 19.3 Å². The molecule has 1 atom stereocenters. The van der Waals surface area contributed by atoms with E-state index >= 15 is 0 Å². The van der Waals surface area contributed by atoms with Crippen LogP contribution in [0.1, 0.15) is 55.3 Å². The number of benzene rings is 1. The third-order valence-corrected chi connectivity index (χ3v) is 4.58. The first-order valence-corrected chi connectivity index (χ1v) is 7.36. The minimum atomic E-state index is -0.904. The summed E-state index contributed by atoms with van der Waals surface area (Å²) in [5.74, 6) is 0.790. The molecule has 106 valence electrons. The largest absolute Gasteiger partial charge is 0.478 e. The molecule has 1 heterocycles. The van der Waals surface area contributed by atoms with E-state index < -0.39 is 5.97 Å². The molecule has 1 aliphatic carbocycles. The highest BCUT2D eigenvalue weighted by molar-refractivity contribution is 6.01. The Morgan fingerprint density at radius 1 is 1.50 bits per heavy atom. The topological polar surface area (TPSA) is 55.1 Å². The van der Waals surface area contributed by atoms with Crippen molar-refractivity contribution in [2.24, 2.45) is 5.92 Å². The summed E-state index contributed by atoms with van der Waals surface area (Å²) in [4.78, 5) is 15.9. The predicted octanol–water partition coefficient (Wildman–Crippen LogP) is 3.66. The highest BCUT2D eigenvalue weighted by Gasteiger charge is 2.28. The number of nitrogens with zero attached hydrogens (tertiary/aromatic N) is 2. The molecule has 1 aromatic carbocycles. The third-order valence-electron chi connectivity index (χ3n) is 4.58. The van der Waals surface area contributed by atoms with Crippen LogP contribution in [0.4, 0.5) is 0 Å². The number of imidazole rings is 1. The molecule has 0 spiro atoms. The Morgan fingerprint density at radius 2 is 2.25 bits per heavy atom. The van der Waals surface area contributed by atoms with Gasteiger partial charge >= 0.3 is 5.97 Å². The molecule has 1 saturated carbocycles. The van der Waals surface area contributed by atoms with Crippen LogP contribution in [-0.2, 0) is 6.42 Å². The van der Waals surface area contributed by atoms with E-state index in [4.69, 9.17) is 0 Å². The molecule has 0 saturated heterocycles. The SMILES string of the molecule is CCc1nc2c(C(=O)O)cccc2n1C(C)C1CCC1. The van der Waals surface area contributed by atoms with Gasteiger partial charge in [-0.3, -0.25) is 0 Å². The van der Waals surface area contributed by atoms with Crippen molar-refractivity contribution in [3.8, 4) is 0 Å². The lowest BCUT2D eigenvalue weighted by molar-refractivity contribution is 0.0699. The van der Waals surface area contributed by atoms with E-state index in [9.17, 15) is 9.90 Å². The number of carboxylic acids is 1. The minimum absolute atomic E-state index is 0.303. The standard InChI is InChI=1S/C16H20N2O2/c1-3-14-17-15-12(16(19)20)8-5-9-13(15)18(14)10(2)11-6-4-7-11/h5,8-11H,3-4,6-7H2,1-2H3,(H,19,20). The number of fused-ring (bicyclic) bond motifs is 1. The summed E-state index contributed by atoms with van der Waals surface area (Å²) in [6.45, 7) is 4.31. The van der Waals surface area contributed by atoms with E-state index in [0.29, 0.717) is 23.0 Å². The summed E-state index contributed by atoms with van der Waals surface area (Å²) in [5, 5.41) is 9.31. The van der Waals surface area contributed by atoms with E-state index in [-0.39, 0.29) is 0 Å². The van der Waals surface area contributed by atoms with Crippen LogP contribution in [0.5, 0.6) is 0 Å². The quantitative estimate of drug-likeness (QED) is 0.924. The first kappa shape index (κ1) is 13.2.